The Balaban J connectivity index is 0.000000193. The molecule has 0 spiro atoms. The van der Waals surface area contributed by atoms with Crippen LogP contribution in [0.3, 0.4) is 0 Å². The van der Waals surface area contributed by atoms with Gasteiger partial charge in [-0.15, -0.1) is 22.7 Å². The summed E-state index contributed by atoms with van der Waals surface area (Å²) < 4.78 is 24.1. The molecule has 2 aliphatic rings. The SMILES string of the molecule is CC(C)(C)OC(=O)N1CC(c2cc(CCc3ccc(Cl)s3)[nH]n2)C1.COc1ccccc1C(=O)O.COc1ccccc1C(=O)n1nc(C2CN(C(=O)OC(C)(C)C)C2)cc1CCc1ccc(Cl)s1. The molecule has 19 heteroatoms. The van der Waals surface area contributed by atoms with Crippen molar-refractivity contribution in [2.75, 3.05) is 40.4 Å². The van der Waals surface area contributed by atoms with Crippen molar-refractivity contribution >= 4 is 69.9 Å². The predicted molar refractivity (Wildman–Crippen MR) is 268 cm³/mol. The largest absolute Gasteiger partial charge is 0.496 e. The van der Waals surface area contributed by atoms with Crippen LogP contribution in [0.25, 0.3) is 0 Å². The van der Waals surface area contributed by atoms with Gasteiger partial charge in [-0.05, 0) is 128 Å². The second-order valence-electron chi connectivity index (χ2n) is 18.4. The maximum Gasteiger partial charge on any atom is 0.410 e. The Labute approximate surface area is 420 Å². The van der Waals surface area contributed by atoms with Gasteiger partial charge in [0.05, 0.1) is 39.8 Å². The lowest BCUT2D eigenvalue weighted by atomic mass is 9.96. The molecule has 0 radical (unpaired) electrons. The van der Waals surface area contributed by atoms with E-state index in [1.807, 2.05) is 71.9 Å². The first-order chi connectivity index (χ1) is 32.7. The van der Waals surface area contributed by atoms with E-state index in [2.05, 4.69) is 27.4 Å². The summed E-state index contributed by atoms with van der Waals surface area (Å²) in [5.74, 6) is 0.0156. The lowest BCUT2D eigenvalue weighted by molar-refractivity contribution is 0.00692. The second kappa shape index (κ2) is 23.2. The number of carbonyl (C=O) groups is 4. The van der Waals surface area contributed by atoms with Crippen molar-refractivity contribution in [2.24, 2.45) is 0 Å². The number of hydrogen-bond donors (Lipinski definition) is 2. The van der Waals surface area contributed by atoms with Crippen LogP contribution in [0, 0.1) is 0 Å². The summed E-state index contributed by atoms with van der Waals surface area (Å²) in [5.41, 5.74) is 3.39. The molecule has 6 heterocycles. The van der Waals surface area contributed by atoms with Crippen molar-refractivity contribution in [1.29, 1.82) is 0 Å². The summed E-state index contributed by atoms with van der Waals surface area (Å²) in [5, 5.41) is 20.8. The number of H-pyrrole nitrogens is 1. The number of nitrogens with one attached hydrogen (secondary N) is 1. The highest BCUT2D eigenvalue weighted by molar-refractivity contribution is 7.16. The quantitative estimate of drug-likeness (QED) is 0.119. The topological polar surface area (TPSA) is 178 Å². The fourth-order valence-electron chi connectivity index (χ4n) is 7.23. The van der Waals surface area contributed by atoms with Crippen molar-refractivity contribution in [3.8, 4) is 11.5 Å². The minimum atomic E-state index is -0.970. The third-order valence-corrected chi connectivity index (χ3v) is 13.3. The summed E-state index contributed by atoms with van der Waals surface area (Å²) in [6.45, 7) is 13.5. The minimum Gasteiger partial charge on any atom is -0.496 e. The molecule has 2 fully saturated rings. The Morgan fingerprint density at radius 2 is 1.14 bits per heavy atom. The van der Waals surface area contributed by atoms with Gasteiger partial charge in [0.25, 0.3) is 5.91 Å². The van der Waals surface area contributed by atoms with Gasteiger partial charge in [0.15, 0.2) is 0 Å². The van der Waals surface area contributed by atoms with Crippen LogP contribution in [0.2, 0.25) is 8.67 Å². The molecule has 69 heavy (non-hydrogen) atoms. The maximum absolute atomic E-state index is 13.5. The average molecular weight is 1020 g/mol. The van der Waals surface area contributed by atoms with E-state index in [-0.39, 0.29) is 29.6 Å². The van der Waals surface area contributed by atoms with E-state index >= 15 is 0 Å². The number of carbonyl (C=O) groups excluding carboxylic acids is 3. The molecule has 4 aromatic heterocycles. The van der Waals surface area contributed by atoms with Crippen molar-refractivity contribution in [1.82, 2.24) is 29.8 Å². The number of nitrogens with zero attached hydrogens (tertiary/aromatic N) is 5. The highest BCUT2D eigenvalue weighted by Crippen LogP contribution is 2.32. The molecule has 6 aromatic rings. The molecule has 0 aliphatic carbocycles. The molecule has 2 aromatic carbocycles. The summed E-state index contributed by atoms with van der Waals surface area (Å²) in [7, 11) is 2.99. The third-order valence-electron chi connectivity index (χ3n) is 10.7. The molecule has 15 nitrogen and oxygen atoms in total. The van der Waals surface area contributed by atoms with E-state index in [0.29, 0.717) is 55.6 Å². The first kappa shape index (κ1) is 52.5. The fourth-order valence-corrected chi connectivity index (χ4v) is 9.41. The van der Waals surface area contributed by atoms with Gasteiger partial charge in [-0.2, -0.15) is 10.2 Å². The number of halogens is 2. The standard InChI is InChI=1S/C25H28ClN3O4S.C17H22ClN3O2S.C8H8O3/c1-25(2,3)33-24(31)28-14-16(15-28)20-13-17(9-10-18-11-12-22(26)34-18)29(27-20)23(30)19-7-5-6-8-21(19)32-4;1-17(2,3)23-16(22)21-9-11(10-21)14-8-12(19-20-14)4-5-13-6-7-15(18)24-13;1-11-7-5-3-2-4-6(7)8(9)10/h5-8,11-13,16H,9-10,14-15H2,1-4H3;6-8,11H,4-5,9-10H2,1-3H3,(H,19,20);2-5H,1H3,(H,9,10). The number of aromatic amines is 1. The van der Waals surface area contributed by atoms with Crippen LogP contribution in [0.5, 0.6) is 11.5 Å². The van der Waals surface area contributed by atoms with Crippen molar-refractivity contribution in [3.63, 3.8) is 0 Å². The summed E-state index contributed by atoms with van der Waals surface area (Å²) in [6, 6.07) is 25.6. The number of hydrogen-bond acceptors (Lipinski definition) is 12. The molecule has 368 valence electrons. The van der Waals surface area contributed by atoms with Crippen LogP contribution in [0.15, 0.2) is 84.9 Å². The van der Waals surface area contributed by atoms with E-state index < -0.39 is 17.2 Å². The number of likely N-dealkylation sites (tertiary alicyclic amines) is 2. The number of amides is 2. The van der Waals surface area contributed by atoms with Gasteiger partial charge >= 0.3 is 18.2 Å². The Morgan fingerprint density at radius 3 is 1.61 bits per heavy atom. The van der Waals surface area contributed by atoms with E-state index in [0.717, 1.165) is 55.6 Å². The van der Waals surface area contributed by atoms with E-state index in [1.165, 1.54) is 34.1 Å². The Hall–Kier alpha value is -5.88. The Kier molecular flexibility index (Phi) is 17.6. The second-order valence-corrected chi connectivity index (χ2v) is 22.0. The molecule has 0 unspecified atom stereocenters. The number of carboxylic acid groups (broad SMARTS) is 1. The number of ether oxygens (including phenoxy) is 4. The number of rotatable bonds is 12. The third kappa shape index (κ3) is 14.8. The molecule has 2 N–H and O–H groups in total. The zero-order valence-corrected chi connectivity index (χ0v) is 43.1. The maximum atomic E-state index is 13.5. The predicted octanol–water partition coefficient (Wildman–Crippen LogP) is 11.1. The molecule has 0 saturated carbocycles. The highest BCUT2D eigenvalue weighted by Gasteiger charge is 2.38. The van der Waals surface area contributed by atoms with Gasteiger partial charge in [-0.3, -0.25) is 9.89 Å². The van der Waals surface area contributed by atoms with Crippen LogP contribution in [-0.4, -0.2) is 111 Å². The van der Waals surface area contributed by atoms with E-state index in [9.17, 15) is 19.2 Å². The molecule has 2 aliphatic heterocycles. The number of benzene rings is 2. The first-order valence-corrected chi connectivity index (χ1v) is 24.7. The number of aryl methyl sites for hydroxylation is 4. The van der Waals surface area contributed by atoms with E-state index in [1.54, 1.807) is 64.6 Å². The normalized spacial score (nSPS) is 13.8. The van der Waals surface area contributed by atoms with Crippen LogP contribution >= 0.6 is 45.9 Å². The van der Waals surface area contributed by atoms with Gasteiger partial charge in [0.1, 0.15) is 28.3 Å². The van der Waals surface area contributed by atoms with Crippen LogP contribution in [0.4, 0.5) is 9.59 Å². The first-order valence-electron chi connectivity index (χ1n) is 22.3. The van der Waals surface area contributed by atoms with Crippen molar-refractivity contribution < 1.29 is 43.2 Å². The molecule has 0 atom stereocenters. The number of para-hydroxylation sites is 2. The molecular weight excluding hydrogens is 964 g/mol. The molecule has 2 saturated heterocycles. The molecule has 8 rings (SSSR count). The number of thiophene rings is 2. The zero-order valence-electron chi connectivity index (χ0n) is 39.9. The average Bonchev–Trinajstić information content (AvgIpc) is 4.08. The smallest absolute Gasteiger partial charge is 0.410 e. The van der Waals surface area contributed by atoms with Gasteiger partial charge < -0.3 is 33.9 Å². The lowest BCUT2D eigenvalue weighted by Crippen LogP contribution is -2.50. The van der Waals surface area contributed by atoms with Crippen LogP contribution in [-0.2, 0) is 35.2 Å². The summed E-state index contributed by atoms with van der Waals surface area (Å²) >= 11 is 15.2. The van der Waals surface area contributed by atoms with E-state index in [4.69, 9.17) is 47.3 Å². The molecule has 2 amide bonds. The van der Waals surface area contributed by atoms with Crippen LogP contribution < -0.4 is 9.47 Å². The highest BCUT2D eigenvalue weighted by atomic mass is 35.5. The number of aromatic nitrogens is 4. The zero-order chi connectivity index (χ0) is 50.0. The molecular formula is C50H58Cl2N6O9S2. The molecule has 0 bridgehead atoms. The lowest BCUT2D eigenvalue weighted by Gasteiger charge is -2.38. The van der Waals surface area contributed by atoms with Gasteiger partial charge in [-0.25, -0.2) is 19.1 Å². The minimum absolute atomic E-state index is 0.0502. The van der Waals surface area contributed by atoms with Crippen LogP contribution in [0.1, 0.15) is 107 Å². The summed E-state index contributed by atoms with van der Waals surface area (Å²) in [4.78, 5) is 54.0. The fraction of sp³-hybridized carbons (Fsp3) is 0.400. The number of carboxylic acids is 1. The monoisotopic (exact) mass is 1020 g/mol. The summed E-state index contributed by atoms with van der Waals surface area (Å²) in [6.07, 6.45) is 2.66. The van der Waals surface area contributed by atoms with Gasteiger partial charge in [-0.1, -0.05) is 47.5 Å². The van der Waals surface area contributed by atoms with Crippen molar-refractivity contribution in [3.05, 3.63) is 137 Å². The Morgan fingerprint density at radius 1 is 0.667 bits per heavy atom. The van der Waals surface area contributed by atoms with Crippen molar-refractivity contribution in [2.45, 2.75) is 90.3 Å². The number of methoxy groups -OCH3 is 2. The van der Waals surface area contributed by atoms with Gasteiger partial charge in [0, 0.05) is 59.2 Å². The Bertz CT molecular complexity index is 2700. The number of aromatic carboxylic acids is 1. The van der Waals surface area contributed by atoms with Gasteiger partial charge in [0.2, 0.25) is 0 Å².